The van der Waals surface area contributed by atoms with Crippen LogP contribution in [0.4, 0.5) is 0 Å². The predicted octanol–water partition coefficient (Wildman–Crippen LogP) is 2.98. The van der Waals surface area contributed by atoms with Crippen LogP contribution < -0.4 is 5.32 Å². The summed E-state index contributed by atoms with van der Waals surface area (Å²) in [4.78, 5) is 7.23. The minimum Gasteiger partial charge on any atom is -0.317 e. The van der Waals surface area contributed by atoms with Crippen LogP contribution in [-0.2, 0) is 6.54 Å². The van der Waals surface area contributed by atoms with Gasteiger partial charge in [0.2, 0.25) is 0 Å². The Bertz CT molecular complexity index is 687. The van der Waals surface area contributed by atoms with Gasteiger partial charge in [-0.15, -0.1) is 0 Å². The highest BCUT2D eigenvalue weighted by atomic mass is 79.9. The summed E-state index contributed by atoms with van der Waals surface area (Å²) in [5, 5.41) is 3.50. The molecular weight excluding hydrogens is 340 g/mol. The first-order valence-corrected chi connectivity index (χ1v) is 9.00. The van der Waals surface area contributed by atoms with Crippen molar-refractivity contribution in [3.63, 3.8) is 0 Å². The number of aryl methyl sites for hydroxylation is 1. The lowest BCUT2D eigenvalue weighted by Crippen LogP contribution is -2.38. The van der Waals surface area contributed by atoms with Crippen molar-refractivity contribution in [1.29, 1.82) is 0 Å². The summed E-state index contributed by atoms with van der Waals surface area (Å²) in [5.41, 5.74) is 4.17. The van der Waals surface area contributed by atoms with Crippen molar-refractivity contribution >= 4 is 21.6 Å². The van der Waals surface area contributed by atoms with E-state index in [0.29, 0.717) is 5.41 Å². The fourth-order valence-corrected chi connectivity index (χ4v) is 4.69. The molecule has 0 bridgehead atoms. The summed E-state index contributed by atoms with van der Waals surface area (Å²) in [5.74, 6) is 0. The van der Waals surface area contributed by atoms with Gasteiger partial charge in [0.25, 0.3) is 0 Å². The molecule has 0 aliphatic carbocycles. The van der Waals surface area contributed by atoms with E-state index in [0.717, 1.165) is 16.7 Å². The van der Waals surface area contributed by atoms with E-state index in [-0.39, 0.29) is 0 Å². The van der Waals surface area contributed by atoms with Gasteiger partial charge in [-0.05, 0) is 78.8 Å². The Morgan fingerprint density at radius 2 is 2.14 bits per heavy atom. The van der Waals surface area contributed by atoms with Crippen molar-refractivity contribution in [2.24, 2.45) is 5.41 Å². The second-order valence-corrected chi connectivity index (χ2v) is 7.91. The summed E-state index contributed by atoms with van der Waals surface area (Å²) < 4.78 is 3.36. The van der Waals surface area contributed by atoms with Crippen molar-refractivity contribution in [3.05, 3.63) is 34.2 Å². The van der Waals surface area contributed by atoms with Gasteiger partial charge in [0.15, 0.2) is 0 Å². The first-order valence-electron chi connectivity index (χ1n) is 8.20. The number of nitrogens with one attached hydrogen (secondary N) is 1. The number of nitrogens with zero attached hydrogens (tertiary/aromatic N) is 3. The molecule has 1 N–H and O–H groups in total. The fraction of sp³-hybridized carbons (Fsp3) is 0.588. The summed E-state index contributed by atoms with van der Waals surface area (Å²) in [6.07, 6.45) is 8.21. The van der Waals surface area contributed by atoms with Crippen molar-refractivity contribution < 1.29 is 0 Å². The molecule has 2 aliphatic rings. The molecule has 0 saturated carbocycles. The zero-order valence-corrected chi connectivity index (χ0v) is 14.7. The zero-order chi connectivity index (χ0) is 15.2. The maximum absolute atomic E-state index is 4.61. The number of halogens is 1. The Labute approximate surface area is 140 Å². The molecule has 2 saturated heterocycles. The SMILES string of the molecule is Cc1cc(Br)cn2c(CN3CCC4(CCNCC4)C3)cnc12. The molecule has 0 aromatic carbocycles. The van der Waals surface area contributed by atoms with E-state index in [1.54, 1.807) is 0 Å². The fourth-order valence-electron chi connectivity index (χ4n) is 4.14. The number of pyridine rings is 1. The van der Waals surface area contributed by atoms with E-state index in [2.05, 4.69) is 54.7 Å². The lowest BCUT2D eigenvalue weighted by Gasteiger charge is -2.33. The standard InChI is InChI=1S/C17H23BrN4/c1-13-8-14(18)10-22-15(9-20-16(13)22)11-21-7-4-17(12-21)2-5-19-6-3-17/h8-10,19H,2-7,11-12H2,1H3. The molecule has 2 aromatic rings. The molecule has 4 nitrogen and oxygen atoms in total. The molecule has 2 fully saturated rings. The molecule has 0 unspecified atom stereocenters. The maximum atomic E-state index is 4.61. The highest BCUT2D eigenvalue weighted by Crippen LogP contribution is 2.39. The van der Waals surface area contributed by atoms with Crippen molar-refractivity contribution in [2.75, 3.05) is 26.2 Å². The van der Waals surface area contributed by atoms with Gasteiger partial charge in [-0.1, -0.05) is 0 Å². The largest absolute Gasteiger partial charge is 0.317 e. The van der Waals surface area contributed by atoms with Crippen LogP contribution in [-0.4, -0.2) is 40.5 Å². The minimum atomic E-state index is 0.572. The number of hydrogen-bond acceptors (Lipinski definition) is 3. The van der Waals surface area contributed by atoms with E-state index in [1.807, 2.05) is 6.20 Å². The van der Waals surface area contributed by atoms with Gasteiger partial charge in [-0.25, -0.2) is 4.98 Å². The number of piperidine rings is 1. The summed E-state index contributed by atoms with van der Waals surface area (Å²) in [6.45, 7) is 7.98. The molecule has 4 rings (SSSR count). The summed E-state index contributed by atoms with van der Waals surface area (Å²) in [6, 6.07) is 2.13. The molecule has 4 heterocycles. The molecule has 0 atom stereocenters. The smallest absolute Gasteiger partial charge is 0.139 e. The van der Waals surface area contributed by atoms with Crippen LogP contribution in [0.5, 0.6) is 0 Å². The molecule has 5 heteroatoms. The van der Waals surface area contributed by atoms with Crippen LogP contribution in [0.1, 0.15) is 30.5 Å². The van der Waals surface area contributed by atoms with Crippen LogP contribution in [0.25, 0.3) is 5.65 Å². The number of aromatic nitrogens is 2. The average molecular weight is 363 g/mol. The third-order valence-electron chi connectivity index (χ3n) is 5.40. The zero-order valence-electron chi connectivity index (χ0n) is 13.1. The molecule has 0 radical (unpaired) electrons. The molecule has 22 heavy (non-hydrogen) atoms. The third kappa shape index (κ3) is 2.59. The number of imidazole rings is 1. The Kier molecular flexibility index (Phi) is 3.75. The molecule has 2 aromatic heterocycles. The number of fused-ring (bicyclic) bond motifs is 1. The molecule has 118 valence electrons. The Balaban J connectivity index is 1.55. The lowest BCUT2D eigenvalue weighted by molar-refractivity contribution is 0.193. The molecule has 2 aliphatic heterocycles. The van der Waals surface area contributed by atoms with Crippen LogP contribution >= 0.6 is 15.9 Å². The lowest BCUT2D eigenvalue weighted by atomic mass is 9.78. The van der Waals surface area contributed by atoms with Gasteiger partial charge in [0, 0.05) is 23.8 Å². The van der Waals surface area contributed by atoms with Crippen LogP contribution in [0.3, 0.4) is 0 Å². The Hall–Kier alpha value is -0.910. The Morgan fingerprint density at radius 3 is 2.95 bits per heavy atom. The second-order valence-electron chi connectivity index (χ2n) is 7.00. The van der Waals surface area contributed by atoms with E-state index < -0.39 is 0 Å². The third-order valence-corrected chi connectivity index (χ3v) is 5.83. The van der Waals surface area contributed by atoms with Crippen molar-refractivity contribution in [2.45, 2.75) is 32.7 Å². The van der Waals surface area contributed by atoms with E-state index >= 15 is 0 Å². The van der Waals surface area contributed by atoms with Gasteiger partial charge >= 0.3 is 0 Å². The van der Waals surface area contributed by atoms with Gasteiger partial charge < -0.3 is 9.72 Å². The highest BCUT2D eigenvalue weighted by Gasteiger charge is 2.38. The van der Waals surface area contributed by atoms with Crippen molar-refractivity contribution in [3.8, 4) is 0 Å². The maximum Gasteiger partial charge on any atom is 0.139 e. The second kappa shape index (κ2) is 5.62. The van der Waals surface area contributed by atoms with Gasteiger partial charge in [-0.3, -0.25) is 4.90 Å². The molecule has 1 spiro atoms. The highest BCUT2D eigenvalue weighted by molar-refractivity contribution is 9.10. The van der Waals surface area contributed by atoms with E-state index in [1.165, 1.54) is 56.7 Å². The van der Waals surface area contributed by atoms with E-state index in [9.17, 15) is 0 Å². The summed E-state index contributed by atoms with van der Waals surface area (Å²) in [7, 11) is 0. The van der Waals surface area contributed by atoms with Gasteiger partial charge in [-0.2, -0.15) is 0 Å². The average Bonchev–Trinajstić information content (AvgIpc) is 3.06. The number of likely N-dealkylation sites (tertiary alicyclic amines) is 1. The Morgan fingerprint density at radius 1 is 1.32 bits per heavy atom. The van der Waals surface area contributed by atoms with E-state index in [4.69, 9.17) is 0 Å². The van der Waals surface area contributed by atoms with Crippen LogP contribution in [0.2, 0.25) is 0 Å². The predicted molar refractivity (Wildman–Crippen MR) is 92.1 cm³/mol. The molecular formula is C17H23BrN4. The monoisotopic (exact) mass is 362 g/mol. The normalized spacial score (nSPS) is 21.9. The summed E-state index contributed by atoms with van der Waals surface area (Å²) >= 11 is 3.60. The van der Waals surface area contributed by atoms with Gasteiger partial charge in [0.1, 0.15) is 5.65 Å². The minimum absolute atomic E-state index is 0.572. The van der Waals surface area contributed by atoms with Crippen LogP contribution in [0.15, 0.2) is 22.9 Å². The molecule has 0 amide bonds. The van der Waals surface area contributed by atoms with Gasteiger partial charge in [0.05, 0.1) is 11.9 Å². The first-order chi connectivity index (χ1) is 10.7. The van der Waals surface area contributed by atoms with Crippen LogP contribution in [0, 0.1) is 12.3 Å². The van der Waals surface area contributed by atoms with Crippen molar-refractivity contribution in [1.82, 2.24) is 19.6 Å². The number of rotatable bonds is 2. The quantitative estimate of drug-likeness (QED) is 0.891. The first kappa shape index (κ1) is 14.7. The topological polar surface area (TPSA) is 32.6 Å². The number of hydrogen-bond donors (Lipinski definition) is 1.